The zero-order valence-corrected chi connectivity index (χ0v) is 27.0. The van der Waals surface area contributed by atoms with Crippen molar-refractivity contribution in [2.45, 2.75) is 58.7 Å². The van der Waals surface area contributed by atoms with Gasteiger partial charge in [-0.1, -0.05) is 31.1 Å². The van der Waals surface area contributed by atoms with E-state index in [1.807, 2.05) is 39.0 Å². The minimum Gasteiger partial charge on any atom is -0.491 e. The van der Waals surface area contributed by atoms with Crippen molar-refractivity contribution in [2.75, 3.05) is 40.0 Å². The van der Waals surface area contributed by atoms with Gasteiger partial charge in [0.2, 0.25) is 11.8 Å². The number of nitrogens with one attached hydrogen (secondary N) is 1. The fraction of sp³-hybridized carbons (Fsp3) is 0.516. The number of hydrogen-bond acceptors (Lipinski definition) is 10. The minimum atomic E-state index is -1.03. The van der Waals surface area contributed by atoms with Crippen molar-refractivity contribution in [1.82, 2.24) is 25.3 Å². The summed E-state index contributed by atoms with van der Waals surface area (Å²) in [6.07, 6.45) is -1.73. The number of likely N-dealkylation sites (tertiary alicyclic amines) is 1. The van der Waals surface area contributed by atoms with Gasteiger partial charge >= 0.3 is 6.09 Å². The number of amides is 3. The highest BCUT2D eigenvalue weighted by Gasteiger charge is 2.43. The van der Waals surface area contributed by atoms with Crippen LogP contribution in [0.4, 0.5) is 4.79 Å². The molecule has 14 heteroatoms. The summed E-state index contributed by atoms with van der Waals surface area (Å²) in [4.78, 5) is 46.1. The van der Waals surface area contributed by atoms with E-state index in [0.29, 0.717) is 22.8 Å². The van der Waals surface area contributed by atoms with Crippen LogP contribution >= 0.6 is 11.3 Å². The first-order chi connectivity index (χ1) is 21.5. The third-order valence-electron chi connectivity index (χ3n) is 7.66. The molecule has 3 heterocycles. The zero-order chi connectivity index (χ0) is 32.7. The Morgan fingerprint density at radius 2 is 1.98 bits per heavy atom. The van der Waals surface area contributed by atoms with Gasteiger partial charge in [0.25, 0.3) is 0 Å². The third-order valence-corrected chi connectivity index (χ3v) is 8.64. The second kappa shape index (κ2) is 15.3. The number of hydrogen-bond donors (Lipinski definition) is 3. The van der Waals surface area contributed by atoms with Crippen molar-refractivity contribution >= 4 is 29.2 Å². The van der Waals surface area contributed by atoms with Crippen LogP contribution in [0.2, 0.25) is 0 Å². The number of carboxylic acid groups (broad SMARTS) is 1. The zero-order valence-electron chi connectivity index (χ0n) is 26.2. The molecule has 3 N–H and O–H groups in total. The monoisotopic (exact) mass is 643 g/mol. The van der Waals surface area contributed by atoms with Gasteiger partial charge in [0.1, 0.15) is 30.1 Å². The molecule has 45 heavy (non-hydrogen) atoms. The lowest BCUT2D eigenvalue weighted by Gasteiger charge is -2.28. The molecule has 0 bridgehead atoms. The molecule has 3 amide bonds. The number of aliphatic hydroxyl groups is 1. The predicted molar refractivity (Wildman–Crippen MR) is 166 cm³/mol. The molecule has 1 fully saturated rings. The summed E-state index contributed by atoms with van der Waals surface area (Å²) in [5.74, 6) is -0.443. The normalized spacial score (nSPS) is 17.0. The van der Waals surface area contributed by atoms with E-state index < -0.39 is 24.2 Å². The van der Waals surface area contributed by atoms with E-state index in [1.165, 1.54) is 23.3 Å². The fourth-order valence-electron chi connectivity index (χ4n) is 5.21. The molecule has 1 saturated heterocycles. The summed E-state index contributed by atoms with van der Waals surface area (Å²) in [6.45, 7) is 8.60. The number of aryl methyl sites for hydroxylation is 2. The fourth-order valence-corrected chi connectivity index (χ4v) is 6.02. The van der Waals surface area contributed by atoms with Crippen LogP contribution in [0.25, 0.3) is 10.4 Å². The lowest BCUT2D eigenvalue weighted by atomic mass is 9.91. The van der Waals surface area contributed by atoms with E-state index in [4.69, 9.17) is 19.1 Å². The Bertz CT molecular complexity index is 1470. The molecule has 2 aromatic heterocycles. The molecule has 244 valence electrons. The first-order valence-corrected chi connectivity index (χ1v) is 15.7. The Kier molecular flexibility index (Phi) is 11.5. The highest BCUT2D eigenvalue weighted by molar-refractivity contribution is 7.13. The SMILES string of the molecule is Cc1cc(C(C(=O)N2C[C@H](O)C[C@H]2C(=O)NCc2ccc(-c3scnc3C)cc2OCCOCCN(C)C(=O)O)C(C)C)on1. The van der Waals surface area contributed by atoms with Crippen LogP contribution in [0.5, 0.6) is 5.75 Å². The second-order valence-corrected chi connectivity index (χ2v) is 12.3. The van der Waals surface area contributed by atoms with Crippen molar-refractivity contribution in [1.29, 1.82) is 0 Å². The number of rotatable bonds is 14. The summed E-state index contributed by atoms with van der Waals surface area (Å²) < 4.78 is 17.0. The Labute approximate surface area is 266 Å². The maximum atomic E-state index is 13.7. The number of benzene rings is 1. The summed E-state index contributed by atoms with van der Waals surface area (Å²) in [6, 6.07) is 6.58. The number of nitrogens with zero attached hydrogens (tertiary/aromatic N) is 4. The first kappa shape index (κ1) is 33.9. The molecule has 1 aromatic carbocycles. The van der Waals surface area contributed by atoms with E-state index in [1.54, 1.807) is 18.5 Å². The quantitative estimate of drug-likeness (QED) is 0.221. The largest absolute Gasteiger partial charge is 0.491 e. The van der Waals surface area contributed by atoms with Crippen LogP contribution in [-0.2, 0) is 20.9 Å². The van der Waals surface area contributed by atoms with Crippen LogP contribution < -0.4 is 10.1 Å². The van der Waals surface area contributed by atoms with Crippen molar-refractivity contribution in [2.24, 2.45) is 5.92 Å². The molecule has 0 aliphatic carbocycles. The third kappa shape index (κ3) is 8.59. The number of thiazole rings is 1. The maximum Gasteiger partial charge on any atom is 0.407 e. The molecule has 0 saturated carbocycles. The van der Waals surface area contributed by atoms with Gasteiger partial charge in [-0.25, -0.2) is 9.78 Å². The van der Waals surface area contributed by atoms with Crippen molar-refractivity contribution in [3.05, 3.63) is 52.5 Å². The molecule has 1 aliphatic heterocycles. The van der Waals surface area contributed by atoms with Gasteiger partial charge < -0.3 is 39.3 Å². The molecule has 0 radical (unpaired) electrons. The number of aliphatic hydroxyl groups excluding tert-OH is 1. The number of ether oxygens (including phenoxy) is 2. The number of likely N-dealkylation sites (N-methyl/N-ethyl adjacent to an activating group) is 1. The number of carbonyl (C=O) groups is 3. The lowest BCUT2D eigenvalue weighted by Crippen LogP contribution is -2.48. The van der Waals surface area contributed by atoms with E-state index in [-0.39, 0.29) is 63.6 Å². The number of β-amino-alcohol motifs (C(OH)–C–C–N with tert-alkyl or cyclic N) is 1. The molecule has 13 nitrogen and oxygen atoms in total. The van der Waals surface area contributed by atoms with Gasteiger partial charge in [-0.3, -0.25) is 9.59 Å². The number of aromatic nitrogens is 2. The lowest BCUT2D eigenvalue weighted by molar-refractivity contribution is -0.141. The Morgan fingerprint density at radius 3 is 2.62 bits per heavy atom. The van der Waals surface area contributed by atoms with Gasteiger partial charge in [0.05, 0.1) is 41.1 Å². The summed E-state index contributed by atoms with van der Waals surface area (Å²) in [5, 5.41) is 26.3. The van der Waals surface area contributed by atoms with Gasteiger partial charge in [-0.2, -0.15) is 0 Å². The first-order valence-electron chi connectivity index (χ1n) is 14.8. The Balaban J connectivity index is 1.44. The highest BCUT2D eigenvalue weighted by atomic mass is 32.1. The molecule has 0 spiro atoms. The Hall–Kier alpha value is -4.01. The average molecular weight is 644 g/mol. The highest BCUT2D eigenvalue weighted by Crippen LogP contribution is 2.33. The van der Waals surface area contributed by atoms with Gasteiger partial charge in [-0.05, 0) is 31.4 Å². The van der Waals surface area contributed by atoms with E-state index >= 15 is 0 Å². The summed E-state index contributed by atoms with van der Waals surface area (Å²) in [7, 11) is 1.47. The molecule has 3 atom stereocenters. The average Bonchev–Trinajstić information content (AvgIpc) is 3.73. The summed E-state index contributed by atoms with van der Waals surface area (Å²) >= 11 is 1.51. The van der Waals surface area contributed by atoms with Gasteiger partial charge in [-0.15, -0.1) is 11.3 Å². The van der Waals surface area contributed by atoms with Crippen LogP contribution in [0, 0.1) is 19.8 Å². The van der Waals surface area contributed by atoms with Gasteiger partial charge in [0, 0.05) is 44.7 Å². The van der Waals surface area contributed by atoms with Crippen molar-refractivity contribution in [3.63, 3.8) is 0 Å². The van der Waals surface area contributed by atoms with Crippen LogP contribution in [-0.4, -0.2) is 100 Å². The minimum absolute atomic E-state index is 0.0484. The second-order valence-electron chi connectivity index (χ2n) is 11.5. The molecule has 1 aliphatic rings. The van der Waals surface area contributed by atoms with Gasteiger partial charge in [0.15, 0.2) is 0 Å². The van der Waals surface area contributed by atoms with E-state index in [9.17, 15) is 19.5 Å². The smallest absolute Gasteiger partial charge is 0.407 e. The molecule has 3 aromatic rings. The standard InChI is InChI=1S/C31H41N5O8S/c1-18(2)27(26-12-19(3)34-44-26)30(39)36-16-23(37)14-24(36)29(38)32-15-22-7-6-21(28-20(4)33-17-45-28)13-25(22)43-11-10-42-9-8-35(5)31(40)41/h6-7,12-13,17-18,23-24,27,37H,8-11,14-16H2,1-5H3,(H,32,38)(H,40,41)/t23-,24+,27?/m1/s1. The van der Waals surface area contributed by atoms with Crippen molar-refractivity contribution in [3.8, 4) is 16.2 Å². The van der Waals surface area contributed by atoms with E-state index in [0.717, 1.165) is 21.0 Å². The number of carbonyl (C=O) groups excluding carboxylic acids is 2. The van der Waals surface area contributed by atoms with E-state index in [2.05, 4.69) is 15.5 Å². The molecular formula is C31H41N5O8S. The molecular weight excluding hydrogens is 602 g/mol. The van der Waals surface area contributed by atoms with Crippen LogP contribution in [0.3, 0.4) is 0 Å². The predicted octanol–water partition coefficient (Wildman–Crippen LogP) is 3.44. The van der Waals surface area contributed by atoms with Crippen LogP contribution in [0.1, 0.15) is 48.9 Å². The molecule has 4 rings (SSSR count). The van der Waals surface area contributed by atoms with Crippen molar-refractivity contribution < 1.29 is 38.6 Å². The topological polar surface area (TPSA) is 168 Å². The molecule has 1 unspecified atom stereocenters. The summed E-state index contributed by atoms with van der Waals surface area (Å²) in [5.41, 5.74) is 4.96. The Morgan fingerprint density at radius 1 is 1.20 bits per heavy atom. The maximum absolute atomic E-state index is 13.7. The van der Waals surface area contributed by atoms with Crippen LogP contribution in [0.15, 0.2) is 34.3 Å².